The molecule has 0 unspecified atom stereocenters. The van der Waals surface area contributed by atoms with Gasteiger partial charge in [0.05, 0.1) is 25.4 Å². The Balaban J connectivity index is 0.000000323. The van der Waals surface area contributed by atoms with Gasteiger partial charge in [0.2, 0.25) is 0 Å². The molecule has 0 amide bonds. The monoisotopic (exact) mass is 495 g/mol. The molecule has 1 aliphatic heterocycles. The summed E-state index contributed by atoms with van der Waals surface area (Å²) in [5, 5.41) is 4.00. The number of aromatic amines is 1. The van der Waals surface area contributed by atoms with Crippen molar-refractivity contribution >= 4 is 35.2 Å². The fourth-order valence-electron chi connectivity index (χ4n) is 2.60. The van der Waals surface area contributed by atoms with Gasteiger partial charge in [0, 0.05) is 34.9 Å². The number of benzene rings is 1. The summed E-state index contributed by atoms with van der Waals surface area (Å²) in [6.45, 7) is 0.00154. The minimum absolute atomic E-state index is 0.00154. The molecule has 0 fully saturated rings. The van der Waals surface area contributed by atoms with Crippen molar-refractivity contribution in [3.8, 4) is 0 Å². The van der Waals surface area contributed by atoms with Gasteiger partial charge in [-0.05, 0) is 18.2 Å². The van der Waals surface area contributed by atoms with Gasteiger partial charge < -0.3 is 15.0 Å². The topological polar surface area (TPSA) is 92.3 Å². The number of rotatable bonds is 5. The SMILES string of the molecule is COC(=O)C1=C(CSc2ncc[nH]2)NC(c2ncc(F)cc2F)=NC1.Fc1cccc(Cl)c1. The van der Waals surface area contributed by atoms with Crippen molar-refractivity contribution < 1.29 is 22.7 Å². The summed E-state index contributed by atoms with van der Waals surface area (Å²) in [5.74, 6) is -1.97. The van der Waals surface area contributed by atoms with Gasteiger partial charge >= 0.3 is 5.97 Å². The van der Waals surface area contributed by atoms with Crippen molar-refractivity contribution in [3.05, 3.63) is 88.4 Å². The second kappa shape index (κ2) is 11.5. The highest BCUT2D eigenvalue weighted by atomic mass is 35.5. The number of nitrogens with one attached hydrogen (secondary N) is 2. The Labute approximate surface area is 196 Å². The van der Waals surface area contributed by atoms with Gasteiger partial charge in [-0.15, -0.1) is 0 Å². The molecule has 2 N–H and O–H groups in total. The molecule has 0 atom stereocenters. The number of hydrogen-bond acceptors (Lipinski definition) is 7. The van der Waals surface area contributed by atoms with Crippen molar-refractivity contribution in [1.82, 2.24) is 20.3 Å². The second-order valence-electron chi connectivity index (χ2n) is 6.35. The Kier molecular flexibility index (Phi) is 8.50. The molecule has 0 radical (unpaired) electrons. The van der Waals surface area contributed by atoms with E-state index in [1.165, 1.54) is 31.0 Å². The minimum atomic E-state index is -0.842. The maximum absolute atomic E-state index is 13.9. The zero-order valence-electron chi connectivity index (χ0n) is 17.1. The van der Waals surface area contributed by atoms with Crippen LogP contribution in [0.3, 0.4) is 0 Å². The molecular weight excluding hydrogens is 479 g/mol. The van der Waals surface area contributed by atoms with Crippen LogP contribution in [-0.4, -0.2) is 46.2 Å². The molecule has 7 nitrogen and oxygen atoms in total. The highest BCUT2D eigenvalue weighted by molar-refractivity contribution is 7.99. The number of pyridine rings is 1. The largest absolute Gasteiger partial charge is 0.466 e. The molecule has 12 heteroatoms. The average Bonchev–Trinajstić information content (AvgIpc) is 3.31. The van der Waals surface area contributed by atoms with E-state index in [0.29, 0.717) is 27.2 Å². The van der Waals surface area contributed by atoms with E-state index in [4.69, 9.17) is 16.3 Å². The van der Waals surface area contributed by atoms with Crippen LogP contribution in [0.15, 0.2) is 70.3 Å². The second-order valence-corrected chi connectivity index (χ2v) is 7.75. The predicted molar refractivity (Wildman–Crippen MR) is 118 cm³/mol. The van der Waals surface area contributed by atoms with Gasteiger partial charge in [-0.1, -0.05) is 29.4 Å². The summed E-state index contributed by atoms with van der Waals surface area (Å²) in [6.07, 6.45) is 4.19. The molecule has 4 rings (SSSR count). The van der Waals surface area contributed by atoms with Gasteiger partial charge in [-0.2, -0.15) is 0 Å². The van der Waals surface area contributed by atoms with Crippen LogP contribution in [-0.2, 0) is 9.53 Å². The number of amidine groups is 1. The smallest absolute Gasteiger partial charge is 0.337 e. The standard InChI is InChI=1S/C15H13F2N5O2S.C6H4ClF/c1-24-14(23)9-6-21-13(12-10(17)4-8(16)5-20-12)22-11(9)7-25-15-18-2-3-19-15;7-5-2-1-3-6(8)4-5/h2-5H,6-7H2,1H3,(H,18,19)(H,21,22);1-4H. The number of methoxy groups -OCH3 is 1. The Morgan fingerprint density at radius 1 is 1.21 bits per heavy atom. The number of esters is 1. The van der Waals surface area contributed by atoms with Crippen molar-refractivity contribution in [2.24, 2.45) is 4.99 Å². The van der Waals surface area contributed by atoms with Crippen molar-refractivity contribution in [2.75, 3.05) is 19.4 Å². The Morgan fingerprint density at radius 2 is 2.03 bits per heavy atom. The number of hydrogen-bond donors (Lipinski definition) is 2. The molecule has 3 aromatic rings. The first-order chi connectivity index (χ1) is 15.9. The molecule has 0 bridgehead atoms. The summed E-state index contributed by atoms with van der Waals surface area (Å²) in [5.41, 5.74) is 0.711. The van der Waals surface area contributed by atoms with E-state index in [9.17, 15) is 18.0 Å². The fraction of sp³-hybridized carbons (Fsp3) is 0.143. The number of halogens is 4. The zero-order chi connectivity index (χ0) is 23.8. The van der Waals surface area contributed by atoms with Crippen molar-refractivity contribution in [1.29, 1.82) is 0 Å². The van der Waals surface area contributed by atoms with Crippen LogP contribution in [0.1, 0.15) is 5.69 Å². The van der Waals surface area contributed by atoms with E-state index in [1.54, 1.807) is 24.5 Å². The third-order valence-corrected chi connectivity index (χ3v) is 5.27. The first kappa shape index (κ1) is 24.3. The van der Waals surface area contributed by atoms with Crippen LogP contribution in [0.4, 0.5) is 13.2 Å². The molecule has 1 aliphatic rings. The molecule has 172 valence electrons. The summed E-state index contributed by atoms with van der Waals surface area (Å²) in [6, 6.07) is 6.54. The van der Waals surface area contributed by atoms with E-state index in [1.807, 2.05) is 0 Å². The lowest BCUT2D eigenvalue weighted by molar-refractivity contribution is -0.136. The number of imidazole rings is 1. The molecular formula is C21H17ClF3N5O2S. The number of thioether (sulfide) groups is 1. The van der Waals surface area contributed by atoms with E-state index in [-0.39, 0.29) is 23.9 Å². The van der Waals surface area contributed by atoms with Crippen molar-refractivity contribution in [2.45, 2.75) is 5.16 Å². The minimum Gasteiger partial charge on any atom is -0.466 e. The lowest BCUT2D eigenvalue weighted by atomic mass is 10.1. The zero-order valence-corrected chi connectivity index (χ0v) is 18.7. The molecule has 1 aromatic carbocycles. The molecule has 0 saturated heterocycles. The third-order valence-electron chi connectivity index (χ3n) is 4.11. The third kappa shape index (κ3) is 6.83. The number of carbonyl (C=O) groups is 1. The van der Waals surface area contributed by atoms with E-state index < -0.39 is 17.6 Å². The van der Waals surface area contributed by atoms with Crippen LogP contribution < -0.4 is 5.32 Å². The van der Waals surface area contributed by atoms with Crippen LogP contribution in [0.25, 0.3) is 0 Å². The number of nitrogens with zero attached hydrogens (tertiary/aromatic N) is 3. The van der Waals surface area contributed by atoms with Crippen LogP contribution in [0.5, 0.6) is 0 Å². The highest BCUT2D eigenvalue weighted by Gasteiger charge is 2.24. The van der Waals surface area contributed by atoms with Crippen LogP contribution >= 0.6 is 23.4 Å². The van der Waals surface area contributed by atoms with Gasteiger partial charge in [0.15, 0.2) is 16.8 Å². The van der Waals surface area contributed by atoms with Gasteiger partial charge in [0.25, 0.3) is 0 Å². The maximum Gasteiger partial charge on any atom is 0.337 e. The Hall–Kier alpha value is -3.31. The van der Waals surface area contributed by atoms with E-state index in [0.717, 1.165) is 12.3 Å². The van der Waals surface area contributed by atoms with Crippen molar-refractivity contribution in [3.63, 3.8) is 0 Å². The molecule has 0 spiro atoms. The first-order valence-corrected chi connectivity index (χ1v) is 10.7. The van der Waals surface area contributed by atoms with E-state index >= 15 is 0 Å². The Morgan fingerprint density at radius 3 is 2.64 bits per heavy atom. The van der Waals surface area contributed by atoms with Gasteiger partial charge in [0.1, 0.15) is 17.3 Å². The quantitative estimate of drug-likeness (QED) is 0.408. The molecule has 3 heterocycles. The highest BCUT2D eigenvalue weighted by Crippen LogP contribution is 2.21. The lowest BCUT2D eigenvalue weighted by Crippen LogP contribution is -2.34. The molecule has 33 heavy (non-hydrogen) atoms. The molecule has 0 aliphatic carbocycles. The maximum atomic E-state index is 13.9. The molecule has 2 aromatic heterocycles. The number of carbonyl (C=O) groups excluding carboxylic acids is 1. The summed E-state index contributed by atoms with van der Waals surface area (Å²) < 4.78 is 43.8. The van der Waals surface area contributed by atoms with E-state index in [2.05, 4.69) is 25.3 Å². The Bertz CT molecular complexity index is 1170. The summed E-state index contributed by atoms with van der Waals surface area (Å²) >= 11 is 6.75. The summed E-state index contributed by atoms with van der Waals surface area (Å²) in [4.78, 5) is 26.8. The van der Waals surface area contributed by atoms with Crippen LogP contribution in [0, 0.1) is 17.5 Å². The first-order valence-electron chi connectivity index (χ1n) is 9.34. The fourth-order valence-corrected chi connectivity index (χ4v) is 3.59. The summed E-state index contributed by atoms with van der Waals surface area (Å²) in [7, 11) is 1.27. The van der Waals surface area contributed by atoms with Gasteiger partial charge in [-0.25, -0.2) is 27.9 Å². The molecule has 0 saturated carbocycles. The number of aliphatic imine (C=N–C) groups is 1. The van der Waals surface area contributed by atoms with Crippen LogP contribution in [0.2, 0.25) is 5.02 Å². The number of ether oxygens (including phenoxy) is 1. The average molecular weight is 496 g/mol. The number of H-pyrrole nitrogens is 1. The normalized spacial score (nSPS) is 12.9. The lowest BCUT2D eigenvalue weighted by Gasteiger charge is -2.20. The number of aromatic nitrogens is 3. The predicted octanol–water partition coefficient (Wildman–Crippen LogP) is 4.13. The van der Waals surface area contributed by atoms with Gasteiger partial charge in [-0.3, -0.25) is 4.99 Å².